The minimum absolute atomic E-state index is 0.0113. The van der Waals surface area contributed by atoms with E-state index in [4.69, 9.17) is 16.0 Å². The van der Waals surface area contributed by atoms with Gasteiger partial charge in [-0.05, 0) is 31.2 Å². The van der Waals surface area contributed by atoms with E-state index in [0.717, 1.165) is 5.56 Å². The van der Waals surface area contributed by atoms with Crippen LogP contribution >= 0.6 is 11.6 Å². The molecule has 0 N–H and O–H groups in total. The molecule has 0 saturated carbocycles. The van der Waals surface area contributed by atoms with Crippen LogP contribution in [-0.2, 0) is 9.84 Å². The third kappa shape index (κ3) is 2.80. The van der Waals surface area contributed by atoms with Gasteiger partial charge in [0.1, 0.15) is 6.07 Å². The molecule has 120 valence electrons. The summed E-state index contributed by atoms with van der Waals surface area (Å²) in [6, 6.07) is 14.7. The highest BCUT2D eigenvalue weighted by molar-refractivity contribution is 7.91. The second kappa shape index (κ2) is 6.11. The summed E-state index contributed by atoms with van der Waals surface area (Å²) >= 11 is 6.08. The second-order valence-electron chi connectivity index (χ2n) is 5.06. The SMILES string of the molecule is Cc1ccc(S(=O)(=O)c2oc(-c3ccccc3Cl)nc2C#N)cc1. The molecule has 24 heavy (non-hydrogen) atoms. The van der Waals surface area contributed by atoms with Gasteiger partial charge in [0, 0.05) is 0 Å². The van der Waals surface area contributed by atoms with E-state index in [1.807, 2.05) is 6.92 Å². The third-order valence-electron chi connectivity index (χ3n) is 3.38. The van der Waals surface area contributed by atoms with Gasteiger partial charge in [-0.1, -0.05) is 41.4 Å². The summed E-state index contributed by atoms with van der Waals surface area (Å²) in [4.78, 5) is 4.01. The number of rotatable bonds is 3. The van der Waals surface area contributed by atoms with Crippen LogP contribution in [0.25, 0.3) is 11.5 Å². The number of halogens is 1. The van der Waals surface area contributed by atoms with Crippen molar-refractivity contribution < 1.29 is 12.8 Å². The quantitative estimate of drug-likeness (QED) is 0.706. The number of hydrogen-bond acceptors (Lipinski definition) is 5. The predicted molar refractivity (Wildman–Crippen MR) is 88.3 cm³/mol. The average Bonchev–Trinajstić information content (AvgIpc) is 3.00. The number of oxazole rings is 1. The lowest BCUT2D eigenvalue weighted by atomic mass is 10.2. The monoisotopic (exact) mass is 358 g/mol. The van der Waals surface area contributed by atoms with Gasteiger partial charge in [-0.3, -0.25) is 0 Å². The lowest BCUT2D eigenvalue weighted by Gasteiger charge is -2.02. The van der Waals surface area contributed by atoms with Crippen molar-refractivity contribution in [1.82, 2.24) is 4.98 Å². The average molecular weight is 359 g/mol. The lowest BCUT2D eigenvalue weighted by Crippen LogP contribution is -2.02. The Morgan fingerprint density at radius 2 is 1.79 bits per heavy atom. The Labute approximate surface area is 144 Å². The van der Waals surface area contributed by atoms with Gasteiger partial charge in [0.05, 0.1) is 15.5 Å². The van der Waals surface area contributed by atoms with E-state index < -0.39 is 14.9 Å². The Bertz CT molecular complexity index is 1050. The summed E-state index contributed by atoms with van der Waals surface area (Å²) in [5, 5.41) is 9.10. The van der Waals surface area contributed by atoms with Crippen LogP contribution in [0.3, 0.4) is 0 Å². The van der Waals surface area contributed by atoms with Crippen LogP contribution in [0.2, 0.25) is 5.02 Å². The fourth-order valence-corrected chi connectivity index (χ4v) is 3.59. The van der Waals surface area contributed by atoms with Crippen molar-refractivity contribution in [3.8, 4) is 17.5 Å². The van der Waals surface area contributed by atoms with E-state index in [-0.39, 0.29) is 16.5 Å². The summed E-state index contributed by atoms with van der Waals surface area (Å²) in [5.74, 6) is -0.0113. The summed E-state index contributed by atoms with van der Waals surface area (Å²) < 4.78 is 30.9. The molecular weight excluding hydrogens is 348 g/mol. The molecule has 0 aliphatic rings. The van der Waals surface area contributed by atoms with Gasteiger partial charge in [-0.25, -0.2) is 8.42 Å². The van der Waals surface area contributed by atoms with Crippen LogP contribution in [0.5, 0.6) is 0 Å². The Hall–Kier alpha value is -2.62. The maximum absolute atomic E-state index is 12.7. The van der Waals surface area contributed by atoms with E-state index in [1.54, 1.807) is 42.5 Å². The molecular formula is C17H11ClN2O3S. The predicted octanol–water partition coefficient (Wildman–Crippen LogP) is 4.01. The largest absolute Gasteiger partial charge is 0.423 e. The molecule has 0 radical (unpaired) electrons. The number of aromatic nitrogens is 1. The summed E-state index contributed by atoms with van der Waals surface area (Å²) in [6.07, 6.45) is 0. The molecule has 0 unspecified atom stereocenters. The highest BCUT2D eigenvalue weighted by atomic mass is 35.5. The molecule has 5 nitrogen and oxygen atoms in total. The van der Waals surface area contributed by atoms with Gasteiger partial charge >= 0.3 is 0 Å². The van der Waals surface area contributed by atoms with Crippen molar-refractivity contribution >= 4 is 21.4 Å². The zero-order valence-electron chi connectivity index (χ0n) is 12.5. The number of nitriles is 1. The summed E-state index contributed by atoms with van der Waals surface area (Å²) in [6.45, 7) is 1.85. The topological polar surface area (TPSA) is 84.0 Å². The first-order valence-corrected chi connectivity index (χ1v) is 8.77. The molecule has 0 fully saturated rings. The molecule has 3 rings (SSSR count). The van der Waals surface area contributed by atoms with Crippen molar-refractivity contribution in [2.45, 2.75) is 16.9 Å². The van der Waals surface area contributed by atoms with Crippen LogP contribution in [0, 0.1) is 18.3 Å². The number of nitrogens with zero attached hydrogens (tertiary/aromatic N) is 2. The van der Waals surface area contributed by atoms with Crippen LogP contribution in [0.4, 0.5) is 0 Å². The molecule has 0 aliphatic carbocycles. The Kier molecular flexibility index (Phi) is 4.14. The van der Waals surface area contributed by atoms with Gasteiger partial charge in [-0.2, -0.15) is 10.2 Å². The summed E-state index contributed by atoms with van der Waals surface area (Å²) in [5.41, 5.74) is 1.04. The minimum atomic E-state index is -3.99. The summed E-state index contributed by atoms with van der Waals surface area (Å²) in [7, 11) is -3.99. The smallest absolute Gasteiger partial charge is 0.261 e. The van der Waals surface area contributed by atoms with E-state index >= 15 is 0 Å². The van der Waals surface area contributed by atoms with Crippen molar-refractivity contribution in [2.75, 3.05) is 0 Å². The fourth-order valence-electron chi connectivity index (χ4n) is 2.13. The van der Waals surface area contributed by atoms with Gasteiger partial charge < -0.3 is 4.42 Å². The molecule has 1 heterocycles. The number of hydrogen-bond donors (Lipinski definition) is 0. The Morgan fingerprint density at radius 1 is 1.12 bits per heavy atom. The fraction of sp³-hybridized carbons (Fsp3) is 0.0588. The van der Waals surface area contributed by atoms with Gasteiger partial charge in [0.15, 0.2) is 5.69 Å². The minimum Gasteiger partial charge on any atom is -0.423 e. The molecule has 0 bridgehead atoms. The Balaban J connectivity index is 2.17. The highest BCUT2D eigenvalue weighted by Crippen LogP contribution is 2.32. The van der Waals surface area contributed by atoms with Gasteiger partial charge in [0.25, 0.3) is 5.09 Å². The number of sulfone groups is 1. The molecule has 1 aromatic heterocycles. The zero-order chi connectivity index (χ0) is 17.3. The Morgan fingerprint density at radius 3 is 2.42 bits per heavy atom. The molecule has 2 aromatic carbocycles. The third-order valence-corrected chi connectivity index (χ3v) is 5.37. The molecule has 0 aliphatic heterocycles. The van der Waals surface area contributed by atoms with Crippen LogP contribution in [-0.4, -0.2) is 13.4 Å². The molecule has 3 aromatic rings. The highest BCUT2D eigenvalue weighted by Gasteiger charge is 2.29. The van der Waals surface area contributed by atoms with E-state index in [0.29, 0.717) is 10.6 Å². The molecule has 7 heteroatoms. The van der Waals surface area contributed by atoms with Crippen LogP contribution in [0.1, 0.15) is 11.3 Å². The molecule has 0 amide bonds. The van der Waals surface area contributed by atoms with E-state index in [2.05, 4.69) is 4.98 Å². The normalized spacial score (nSPS) is 11.2. The first kappa shape index (κ1) is 16.2. The first-order chi connectivity index (χ1) is 11.4. The number of benzene rings is 2. The van der Waals surface area contributed by atoms with Crippen LogP contribution in [0.15, 0.2) is 62.9 Å². The number of aryl methyl sites for hydroxylation is 1. The maximum Gasteiger partial charge on any atom is 0.261 e. The van der Waals surface area contributed by atoms with Crippen molar-refractivity contribution in [2.24, 2.45) is 0 Å². The molecule has 0 saturated heterocycles. The van der Waals surface area contributed by atoms with Gasteiger partial charge in [-0.15, -0.1) is 0 Å². The van der Waals surface area contributed by atoms with Crippen molar-refractivity contribution in [3.63, 3.8) is 0 Å². The van der Waals surface area contributed by atoms with E-state index in [1.165, 1.54) is 12.1 Å². The van der Waals surface area contributed by atoms with Crippen LogP contribution < -0.4 is 0 Å². The molecule has 0 atom stereocenters. The molecule has 0 spiro atoms. The maximum atomic E-state index is 12.7. The zero-order valence-corrected chi connectivity index (χ0v) is 14.1. The van der Waals surface area contributed by atoms with Gasteiger partial charge in [0.2, 0.25) is 15.7 Å². The van der Waals surface area contributed by atoms with Crippen molar-refractivity contribution in [3.05, 3.63) is 64.8 Å². The lowest BCUT2D eigenvalue weighted by molar-refractivity contribution is 0.457. The van der Waals surface area contributed by atoms with Crippen molar-refractivity contribution in [1.29, 1.82) is 5.26 Å². The second-order valence-corrected chi connectivity index (χ2v) is 7.32. The first-order valence-electron chi connectivity index (χ1n) is 6.91. The standard InChI is InChI=1S/C17H11ClN2O3S/c1-11-6-8-12(9-7-11)24(21,22)17-15(10-19)20-16(23-17)13-4-2-3-5-14(13)18/h2-9H,1H3. The van der Waals surface area contributed by atoms with E-state index in [9.17, 15) is 13.7 Å².